The maximum absolute atomic E-state index is 12.6. The van der Waals surface area contributed by atoms with Gasteiger partial charge in [0.25, 0.3) is 0 Å². The van der Waals surface area contributed by atoms with Crippen LogP contribution in [0.1, 0.15) is 29.9 Å². The number of hydrogen-bond donors (Lipinski definition) is 1. The van der Waals surface area contributed by atoms with Crippen LogP contribution in [0.15, 0.2) is 11.7 Å². The van der Waals surface area contributed by atoms with E-state index >= 15 is 0 Å². The highest BCUT2D eigenvalue weighted by Crippen LogP contribution is 2.57. The number of methoxy groups -OCH3 is 1. The minimum Gasteiger partial charge on any atom is -0.469 e. The fraction of sp³-hybridized carbons (Fsp3) is 0.600. The van der Waals surface area contributed by atoms with E-state index in [1.807, 2.05) is 0 Å². The van der Waals surface area contributed by atoms with Crippen LogP contribution in [0.4, 0.5) is 0 Å². The number of carbonyl (C=O) groups is 3. The summed E-state index contributed by atoms with van der Waals surface area (Å²) in [5.74, 6) is -1.77. The van der Waals surface area contributed by atoms with Crippen LogP contribution in [-0.2, 0) is 37.2 Å². The quantitative estimate of drug-likeness (QED) is 0.362. The van der Waals surface area contributed by atoms with Crippen LogP contribution in [-0.4, -0.2) is 56.0 Å². The van der Waals surface area contributed by atoms with E-state index in [0.717, 1.165) is 11.3 Å². The zero-order chi connectivity index (χ0) is 20.8. The minimum absolute atomic E-state index is 0.0203. The summed E-state index contributed by atoms with van der Waals surface area (Å²) in [6, 6.07) is 0. The van der Waals surface area contributed by atoms with Crippen molar-refractivity contribution in [1.29, 1.82) is 0 Å². The summed E-state index contributed by atoms with van der Waals surface area (Å²) in [6.45, 7) is 2.61. The monoisotopic (exact) mass is 436 g/mol. The van der Waals surface area contributed by atoms with Gasteiger partial charge in [-0.2, -0.15) is 0 Å². The van der Waals surface area contributed by atoms with Crippen molar-refractivity contribution in [1.82, 2.24) is 10.3 Å². The lowest BCUT2D eigenvalue weighted by molar-refractivity contribution is -0.144. The first kappa shape index (κ1) is 22.4. The summed E-state index contributed by atoms with van der Waals surface area (Å²) < 4.78 is 37.3. The molecule has 2 rings (SSSR count). The molecular weight excluding hydrogens is 415 g/mol. The molecular formula is C15H21N2O9PS. The number of carbonyl (C=O) groups excluding carboxylic acids is 3. The molecule has 1 unspecified atom stereocenters. The first-order valence-corrected chi connectivity index (χ1v) is 10.5. The Morgan fingerprint density at radius 1 is 1.43 bits per heavy atom. The van der Waals surface area contributed by atoms with Crippen LogP contribution in [0.5, 0.6) is 0 Å². The van der Waals surface area contributed by atoms with Gasteiger partial charge in [0, 0.05) is 12.0 Å². The number of hydrogen-bond acceptors (Lipinski definition) is 11. The Bertz CT molecular complexity index is 753. The number of phosphoric ester groups is 1. The molecule has 0 spiro atoms. The molecule has 1 aromatic heterocycles. The molecule has 0 aliphatic carbocycles. The minimum atomic E-state index is -4.14. The number of ether oxygens (including phenoxy) is 2. The molecule has 13 heteroatoms. The summed E-state index contributed by atoms with van der Waals surface area (Å²) in [5.41, 5.74) is 0.643. The highest BCUT2D eigenvalue weighted by atomic mass is 32.1. The average Bonchev–Trinajstić information content (AvgIpc) is 3.18. The topological polar surface area (TPSA) is 139 Å². The SMILES string of the molecule is COC(=O)CCNC(=O)[C@@H]1OP(=O)(OCOC(=O)c2cncs2)OCC1(C)C. The van der Waals surface area contributed by atoms with Crippen LogP contribution >= 0.6 is 19.2 Å². The lowest BCUT2D eigenvalue weighted by Gasteiger charge is -2.39. The van der Waals surface area contributed by atoms with E-state index in [2.05, 4.69) is 15.0 Å². The molecule has 1 N–H and O–H groups in total. The number of phosphoric acid groups is 1. The molecule has 2 atom stereocenters. The number of aromatic nitrogens is 1. The van der Waals surface area contributed by atoms with Crippen LogP contribution in [0.3, 0.4) is 0 Å². The second-order valence-corrected chi connectivity index (χ2v) is 8.86. The number of esters is 2. The zero-order valence-corrected chi connectivity index (χ0v) is 17.2. The Balaban J connectivity index is 1.89. The molecule has 0 radical (unpaired) electrons. The van der Waals surface area contributed by atoms with E-state index in [1.165, 1.54) is 18.8 Å². The van der Waals surface area contributed by atoms with Gasteiger partial charge in [0.2, 0.25) is 12.7 Å². The summed E-state index contributed by atoms with van der Waals surface area (Å²) in [4.78, 5) is 39.2. The number of rotatable bonds is 8. The van der Waals surface area contributed by atoms with Crippen molar-refractivity contribution in [2.24, 2.45) is 5.41 Å². The van der Waals surface area contributed by atoms with Gasteiger partial charge in [-0.15, -0.1) is 11.3 Å². The standard InChI is InChI=1S/C15H21N2O9PS/c1-15(2)7-24-27(21,25-9-23-14(20)10-6-16-8-28-10)26-12(15)13(19)17-5-4-11(18)22-3/h6,8,12H,4-5,7,9H2,1-3H3,(H,17,19)/t12-,27?/m0/s1. The summed E-state index contributed by atoms with van der Waals surface area (Å²) in [5, 5.41) is 2.52. The van der Waals surface area contributed by atoms with Crippen LogP contribution in [0.2, 0.25) is 0 Å². The van der Waals surface area contributed by atoms with E-state index in [-0.39, 0.29) is 24.4 Å². The van der Waals surface area contributed by atoms with E-state index in [1.54, 1.807) is 13.8 Å². The van der Waals surface area contributed by atoms with Gasteiger partial charge in [-0.3, -0.25) is 23.6 Å². The fourth-order valence-electron chi connectivity index (χ4n) is 2.11. The average molecular weight is 436 g/mol. The van der Waals surface area contributed by atoms with Gasteiger partial charge in [0.1, 0.15) is 4.88 Å². The van der Waals surface area contributed by atoms with E-state index in [9.17, 15) is 18.9 Å². The van der Waals surface area contributed by atoms with Gasteiger partial charge in [-0.1, -0.05) is 13.8 Å². The highest BCUT2D eigenvalue weighted by Gasteiger charge is 2.49. The number of nitrogens with zero attached hydrogens (tertiary/aromatic N) is 1. The second kappa shape index (κ2) is 9.57. The third kappa shape index (κ3) is 6.08. The second-order valence-electron chi connectivity index (χ2n) is 6.36. The lowest BCUT2D eigenvalue weighted by Crippen LogP contribution is -2.50. The maximum atomic E-state index is 12.6. The smallest absolute Gasteiger partial charge is 0.469 e. The Hall–Kier alpha value is -1.85. The third-order valence-electron chi connectivity index (χ3n) is 3.67. The third-order valence-corrected chi connectivity index (χ3v) is 5.76. The van der Waals surface area contributed by atoms with Gasteiger partial charge < -0.3 is 14.8 Å². The summed E-state index contributed by atoms with van der Waals surface area (Å²) >= 11 is 1.07. The van der Waals surface area contributed by atoms with Crippen molar-refractivity contribution < 1.29 is 42.0 Å². The normalized spacial score (nSPS) is 23.6. The molecule has 0 aromatic carbocycles. The molecule has 11 nitrogen and oxygen atoms in total. The molecule has 1 aliphatic heterocycles. The predicted octanol–water partition coefficient (Wildman–Crippen LogP) is 1.50. The van der Waals surface area contributed by atoms with Crippen molar-refractivity contribution in [2.45, 2.75) is 26.4 Å². The van der Waals surface area contributed by atoms with Gasteiger partial charge in [0.15, 0.2) is 6.10 Å². The molecule has 156 valence electrons. The number of nitrogens with one attached hydrogen (secondary N) is 1. The number of amides is 1. The Morgan fingerprint density at radius 3 is 2.82 bits per heavy atom. The Kier molecular flexibility index (Phi) is 7.67. The van der Waals surface area contributed by atoms with Crippen molar-refractivity contribution in [2.75, 3.05) is 27.1 Å². The van der Waals surface area contributed by atoms with Crippen molar-refractivity contribution in [3.8, 4) is 0 Å². The first-order chi connectivity index (χ1) is 13.2. The van der Waals surface area contributed by atoms with Gasteiger partial charge in [0.05, 0.1) is 31.8 Å². The molecule has 28 heavy (non-hydrogen) atoms. The zero-order valence-electron chi connectivity index (χ0n) is 15.5. The van der Waals surface area contributed by atoms with Crippen molar-refractivity contribution in [3.05, 3.63) is 16.6 Å². The van der Waals surface area contributed by atoms with E-state index < -0.39 is 44.0 Å². The molecule has 1 aliphatic rings. The van der Waals surface area contributed by atoms with E-state index in [0.29, 0.717) is 0 Å². The largest absolute Gasteiger partial charge is 0.478 e. The Labute approximate surface area is 165 Å². The molecule has 0 saturated carbocycles. The predicted molar refractivity (Wildman–Crippen MR) is 95.3 cm³/mol. The summed E-state index contributed by atoms with van der Waals surface area (Å²) in [7, 11) is -2.89. The Morgan fingerprint density at radius 2 is 2.18 bits per heavy atom. The summed E-state index contributed by atoms with van der Waals surface area (Å²) in [6.07, 6.45) is 0.134. The first-order valence-electron chi connectivity index (χ1n) is 8.14. The molecule has 1 aromatic rings. The van der Waals surface area contributed by atoms with Gasteiger partial charge in [-0.25, -0.2) is 13.9 Å². The van der Waals surface area contributed by atoms with Crippen molar-refractivity contribution in [3.63, 3.8) is 0 Å². The highest BCUT2D eigenvalue weighted by molar-refractivity contribution is 7.48. The molecule has 0 bridgehead atoms. The molecule has 1 fully saturated rings. The maximum Gasteiger partial charge on any atom is 0.478 e. The lowest BCUT2D eigenvalue weighted by atomic mass is 9.87. The van der Waals surface area contributed by atoms with Crippen LogP contribution < -0.4 is 5.32 Å². The number of thiazole rings is 1. The van der Waals surface area contributed by atoms with E-state index in [4.69, 9.17) is 18.3 Å². The molecule has 2 heterocycles. The van der Waals surface area contributed by atoms with Gasteiger partial charge >= 0.3 is 19.8 Å². The fourth-order valence-corrected chi connectivity index (χ4v) is 4.13. The van der Waals surface area contributed by atoms with Gasteiger partial charge in [-0.05, 0) is 0 Å². The molecule has 1 amide bonds. The van der Waals surface area contributed by atoms with Crippen LogP contribution in [0.25, 0.3) is 0 Å². The van der Waals surface area contributed by atoms with Crippen LogP contribution in [0, 0.1) is 5.41 Å². The molecule has 1 saturated heterocycles. The van der Waals surface area contributed by atoms with Crippen molar-refractivity contribution >= 4 is 37.0 Å².